The molecule has 0 aliphatic carbocycles. The number of nitrogens with zero attached hydrogens (tertiary/aromatic N) is 3. The van der Waals surface area contributed by atoms with Gasteiger partial charge in [-0.25, -0.2) is 4.79 Å². The summed E-state index contributed by atoms with van der Waals surface area (Å²) in [6.07, 6.45) is -0.528. The molecule has 2 aromatic rings. The number of rotatable bonds is 5. The maximum Gasteiger partial charge on any atom is 0.412 e. The van der Waals surface area contributed by atoms with E-state index in [1.165, 1.54) is 7.05 Å². The number of para-hydroxylation sites is 1. The second-order valence-corrected chi connectivity index (χ2v) is 6.52. The van der Waals surface area contributed by atoms with Crippen molar-refractivity contribution in [3.63, 3.8) is 0 Å². The van der Waals surface area contributed by atoms with Gasteiger partial charge in [0, 0.05) is 39.8 Å². The highest BCUT2D eigenvalue weighted by molar-refractivity contribution is 5.85. The first-order valence-corrected chi connectivity index (χ1v) is 9.17. The van der Waals surface area contributed by atoms with E-state index in [1.54, 1.807) is 13.2 Å². The van der Waals surface area contributed by atoms with Crippen LogP contribution in [-0.2, 0) is 6.54 Å². The molecule has 1 saturated heterocycles. The molecule has 154 valence electrons. The van der Waals surface area contributed by atoms with Crippen LogP contribution in [0.1, 0.15) is 11.1 Å². The molecule has 0 spiro atoms. The molecule has 1 fully saturated rings. The van der Waals surface area contributed by atoms with Gasteiger partial charge in [-0.3, -0.25) is 4.90 Å². The minimum absolute atomic E-state index is 0. The van der Waals surface area contributed by atoms with Crippen LogP contribution in [0.5, 0.6) is 11.5 Å². The Morgan fingerprint density at radius 2 is 1.86 bits per heavy atom. The topological polar surface area (TPSA) is 77.8 Å². The van der Waals surface area contributed by atoms with E-state index in [9.17, 15) is 10.1 Å². The molecule has 0 atom stereocenters. The summed E-state index contributed by atoms with van der Waals surface area (Å²) in [5, 5.41) is 11.7. The molecule has 0 bridgehead atoms. The summed E-state index contributed by atoms with van der Waals surface area (Å²) in [6.45, 7) is 4.32. The fourth-order valence-corrected chi connectivity index (χ4v) is 3.29. The smallest absolute Gasteiger partial charge is 0.412 e. The number of hydrogen-bond donors (Lipinski definition) is 1. The highest BCUT2D eigenvalue weighted by atomic mass is 35.5. The highest BCUT2D eigenvalue weighted by Gasteiger charge is 2.20. The Kier molecular flexibility index (Phi) is 8.13. The molecule has 1 N–H and O–H groups in total. The summed E-state index contributed by atoms with van der Waals surface area (Å²) in [5.41, 5.74) is 2.81. The third kappa shape index (κ3) is 5.53. The van der Waals surface area contributed by atoms with Gasteiger partial charge in [-0.2, -0.15) is 5.26 Å². The van der Waals surface area contributed by atoms with Gasteiger partial charge < -0.3 is 19.7 Å². The lowest BCUT2D eigenvalue weighted by Crippen LogP contribution is -2.46. The molecule has 0 unspecified atom stereocenters. The van der Waals surface area contributed by atoms with Gasteiger partial charge in [0.15, 0.2) is 11.5 Å². The molecular formula is C21H25ClN4O3. The van der Waals surface area contributed by atoms with Crippen LogP contribution in [0.15, 0.2) is 42.5 Å². The Labute approximate surface area is 177 Å². The van der Waals surface area contributed by atoms with Gasteiger partial charge >= 0.3 is 6.09 Å². The summed E-state index contributed by atoms with van der Waals surface area (Å²) in [5.74, 6) is 0.922. The molecule has 2 aromatic carbocycles. The van der Waals surface area contributed by atoms with Crippen molar-refractivity contribution in [2.75, 3.05) is 45.2 Å². The monoisotopic (exact) mass is 416 g/mol. The number of halogens is 1. The molecule has 29 heavy (non-hydrogen) atoms. The zero-order chi connectivity index (χ0) is 19.9. The van der Waals surface area contributed by atoms with Crippen LogP contribution in [0.2, 0.25) is 0 Å². The van der Waals surface area contributed by atoms with Gasteiger partial charge in [0.1, 0.15) is 6.07 Å². The van der Waals surface area contributed by atoms with Crippen LogP contribution in [0.3, 0.4) is 0 Å². The van der Waals surface area contributed by atoms with Crippen molar-refractivity contribution in [2.45, 2.75) is 6.54 Å². The normalized spacial score (nSPS) is 13.8. The Balaban J connectivity index is 0.00000300. The molecular weight excluding hydrogens is 392 g/mol. The van der Waals surface area contributed by atoms with Crippen molar-refractivity contribution in [2.24, 2.45) is 0 Å². The lowest BCUT2D eigenvalue weighted by Gasteiger charge is -2.36. The SMILES string of the molecule is CNC(=O)Oc1ccc(CN2CCN(c3ccccc3C#N)CC2)cc1OC.Cl. The van der Waals surface area contributed by atoms with Crippen molar-refractivity contribution in [1.29, 1.82) is 5.26 Å². The largest absolute Gasteiger partial charge is 0.493 e. The van der Waals surface area contributed by atoms with Crippen molar-refractivity contribution < 1.29 is 14.3 Å². The number of nitrogens with one attached hydrogen (secondary N) is 1. The van der Waals surface area contributed by atoms with E-state index in [0.717, 1.165) is 44.0 Å². The number of ether oxygens (including phenoxy) is 2. The van der Waals surface area contributed by atoms with Crippen LogP contribution in [0, 0.1) is 11.3 Å². The lowest BCUT2D eigenvalue weighted by molar-refractivity contribution is 0.200. The van der Waals surface area contributed by atoms with Crippen molar-refractivity contribution in [3.05, 3.63) is 53.6 Å². The highest BCUT2D eigenvalue weighted by Crippen LogP contribution is 2.29. The molecule has 1 aliphatic rings. The fourth-order valence-electron chi connectivity index (χ4n) is 3.29. The summed E-state index contributed by atoms with van der Waals surface area (Å²) >= 11 is 0. The molecule has 1 heterocycles. The second kappa shape index (κ2) is 10.6. The Morgan fingerprint density at radius 1 is 1.14 bits per heavy atom. The minimum atomic E-state index is -0.528. The zero-order valence-electron chi connectivity index (χ0n) is 16.6. The predicted molar refractivity (Wildman–Crippen MR) is 114 cm³/mol. The third-order valence-electron chi connectivity index (χ3n) is 4.78. The summed E-state index contributed by atoms with van der Waals surface area (Å²) in [7, 11) is 3.07. The average Bonchev–Trinajstić information content (AvgIpc) is 2.75. The predicted octanol–water partition coefficient (Wildman–Crippen LogP) is 3.03. The van der Waals surface area contributed by atoms with E-state index in [4.69, 9.17) is 9.47 Å². The number of carbonyl (C=O) groups is 1. The van der Waals surface area contributed by atoms with Gasteiger partial charge in [-0.05, 0) is 29.8 Å². The van der Waals surface area contributed by atoms with E-state index in [1.807, 2.05) is 36.4 Å². The molecule has 0 saturated carbocycles. The number of benzene rings is 2. The van der Waals surface area contributed by atoms with Crippen molar-refractivity contribution in [3.8, 4) is 17.6 Å². The van der Waals surface area contributed by atoms with E-state index in [0.29, 0.717) is 17.1 Å². The molecule has 8 heteroatoms. The van der Waals surface area contributed by atoms with E-state index in [2.05, 4.69) is 21.2 Å². The third-order valence-corrected chi connectivity index (χ3v) is 4.78. The summed E-state index contributed by atoms with van der Waals surface area (Å²) in [4.78, 5) is 16.0. The Hall–Kier alpha value is -2.95. The van der Waals surface area contributed by atoms with Gasteiger partial charge in [0.25, 0.3) is 0 Å². The van der Waals surface area contributed by atoms with Gasteiger partial charge in [-0.1, -0.05) is 18.2 Å². The van der Waals surface area contributed by atoms with Crippen LogP contribution in [0.25, 0.3) is 0 Å². The Bertz CT molecular complexity index is 876. The average molecular weight is 417 g/mol. The summed E-state index contributed by atoms with van der Waals surface area (Å²) in [6, 6.07) is 15.6. The molecule has 0 radical (unpaired) electrons. The van der Waals surface area contributed by atoms with E-state index < -0.39 is 6.09 Å². The van der Waals surface area contributed by atoms with Crippen molar-refractivity contribution >= 4 is 24.2 Å². The fraction of sp³-hybridized carbons (Fsp3) is 0.333. The van der Waals surface area contributed by atoms with Crippen LogP contribution < -0.4 is 19.7 Å². The molecule has 1 aliphatic heterocycles. The molecule has 7 nitrogen and oxygen atoms in total. The van der Waals surface area contributed by atoms with Crippen LogP contribution >= 0.6 is 12.4 Å². The standard InChI is InChI=1S/C21H24N4O3.ClH/c1-23-21(26)28-19-8-7-16(13-20(19)27-2)15-24-9-11-25(12-10-24)18-6-4-3-5-17(18)14-22;/h3-8,13H,9-12,15H2,1-2H3,(H,23,26);1H. The zero-order valence-corrected chi connectivity index (χ0v) is 17.4. The molecule has 1 amide bonds. The van der Waals surface area contributed by atoms with Crippen molar-refractivity contribution in [1.82, 2.24) is 10.2 Å². The maximum absolute atomic E-state index is 11.4. The number of carbonyl (C=O) groups excluding carboxylic acids is 1. The maximum atomic E-state index is 11.4. The van der Waals surface area contributed by atoms with E-state index in [-0.39, 0.29) is 12.4 Å². The van der Waals surface area contributed by atoms with Gasteiger partial charge in [-0.15, -0.1) is 12.4 Å². The Morgan fingerprint density at radius 3 is 2.52 bits per heavy atom. The number of anilines is 1. The van der Waals surface area contributed by atoms with E-state index >= 15 is 0 Å². The second-order valence-electron chi connectivity index (χ2n) is 6.52. The number of hydrogen-bond acceptors (Lipinski definition) is 6. The van der Waals surface area contributed by atoms with Crippen LogP contribution in [-0.4, -0.2) is 51.3 Å². The summed E-state index contributed by atoms with van der Waals surface area (Å²) < 4.78 is 10.6. The first kappa shape index (κ1) is 22.3. The number of nitriles is 1. The number of piperazine rings is 1. The number of amides is 1. The molecule has 0 aromatic heterocycles. The first-order chi connectivity index (χ1) is 13.6. The minimum Gasteiger partial charge on any atom is -0.493 e. The molecule has 3 rings (SSSR count). The lowest BCUT2D eigenvalue weighted by atomic mass is 10.1. The quantitative estimate of drug-likeness (QED) is 0.807. The van der Waals surface area contributed by atoms with Gasteiger partial charge in [0.2, 0.25) is 0 Å². The first-order valence-electron chi connectivity index (χ1n) is 9.17. The van der Waals surface area contributed by atoms with Crippen LogP contribution in [0.4, 0.5) is 10.5 Å². The number of methoxy groups -OCH3 is 1. The van der Waals surface area contributed by atoms with Gasteiger partial charge in [0.05, 0.1) is 18.4 Å².